The molecule has 4 heterocycles. The van der Waals surface area contributed by atoms with Gasteiger partial charge in [0.25, 0.3) is 0 Å². The lowest BCUT2D eigenvalue weighted by Gasteiger charge is -2.37. The average Bonchev–Trinajstić information content (AvgIpc) is 3.12. The van der Waals surface area contributed by atoms with Crippen molar-refractivity contribution in [2.75, 3.05) is 30.4 Å². The van der Waals surface area contributed by atoms with Crippen molar-refractivity contribution in [1.82, 2.24) is 15.2 Å². The van der Waals surface area contributed by atoms with Gasteiger partial charge in [0.2, 0.25) is 5.91 Å². The highest BCUT2D eigenvalue weighted by Crippen LogP contribution is 2.49. The molecule has 29 heavy (non-hydrogen) atoms. The molecule has 3 N–H and O–H groups in total. The minimum absolute atomic E-state index is 0.224. The number of alkyl halides is 3. The molecule has 1 fully saturated rings. The summed E-state index contributed by atoms with van der Waals surface area (Å²) >= 11 is 0. The van der Waals surface area contributed by atoms with E-state index in [0.717, 1.165) is 5.82 Å². The van der Waals surface area contributed by atoms with Crippen LogP contribution in [0.4, 0.5) is 24.8 Å². The lowest BCUT2D eigenvalue weighted by atomic mass is 9.81. The van der Waals surface area contributed by atoms with Crippen LogP contribution in [0.25, 0.3) is 0 Å². The summed E-state index contributed by atoms with van der Waals surface area (Å²) in [6.45, 7) is 1.16. The molecule has 1 amide bonds. The van der Waals surface area contributed by atoms with E-state index in [1.807, 2.05) is 11.0 Å². The maximum Gasteiger partial charge on any atom is 0.422 e. The third-order valence-electron chi connectivity index (χ3n) is 5.53. The number of halogens is 3. The molecule has 2 aliphatic rings. The van der Waals surface area contributed by atoms with Gasteiger partial charge in [-0.15, -0.1) is 0 Å². The number of carbonyl (C=O) groups is 1. The van der Waals surface area contributed by atoms with Gasteiger partial charge in [0, 0.05) is 24.7 Å². The molecule has 0 bridgehead atoms. The molecule has 11 heteroatoms. The largest absolute Gasteiger partial charge is 0.495 e. The van der Waals surface area contributed by atoms with Gasteiger partial charge >= 0.3 is 6.18 Å². The Bertz CT molecular complexity index is 906. The van der Waals surface area contributed by atoms with Crippen LogP contribution in [-0.2, 0) is 10.4 Å². The van der Waals surface area contributed by atoms with Gasteiger partial charge in [-0.25, -0.2) is 4.98 Å². The standard InChI is InChI=1S/C18H20F3N5O3/c1-29-11-2-3-12(22-9-11)26-6-4-10(5-7-26)15-14-16(25-24-15)23-13(27)8-17(14,28)18(19,20)21/h2-3,9-10,28H,4-8H2,1H3,(H2,23,24,25,27). The summed E-state index contributed by atoms with van der Waals surface area (Å²) in [6.07, 6.45) is -3.37. The molecule has 0 spiro atoms. The maximum atomic E-state index is 13.6. The van der Waals surface area contributed by atoms with Crippen LogP contribution in [0, 0.1) is 0 Å². The van der Waals surface area contributed by atoms with Crippen molar-refractivity contribution in [3.8, 4) is 5.75 Å². The SMILES string of the molecule is COc1ccc(N2CCC(c3[nH]nc4c3C(O)(C(F)(F)F)CC(=O)N4)CC2)nc1. The third kappa shape index (κ3) is 3.28. The number of carbonyl (C=O) groups excluding carboxylic acids is 1. The van der Waals surface area contributed by atoms with Gasteiger partial charge in [0.15, 0.2) is 11.4 Å². The Morgan fingerprint density at radius 3 is 2.62 bits per heavy atom. The second-order valence-electron chi connectivity index (χ2n) is 7.26. The highest BCUT2D eigenvalue weighted by atomic mass is 19.4. The number of aliphatic hydroxyl groups is 1. The summed E-state index contributed by atoms with van der Waals surface area (Å²) in [5.74, 6) is -0.0353. The molecular weight excluding hydrogens is 391 g/mol. The summed E-state index contributed by atoms with van der Waals surface area (Å²) in [6, 6.07) is 3.63. The van der Waals surface area contributed by atoms with Gasteiger partial charge in [-0.3, -0.25) is 9.89 Å². The number of aromatic nitrogens is 3. The monoisotopic (exact) mass is 411 g/mol. The number of amides is 1. The molecule has 1 saturated heterocycles. The van der Waals surface area contributed by atoms with E-state index in [0.29, 0.717) is 31.7 Å². The van der Waals surface area contributed by atoms with Crippen molar-refractivity contribution >= 4 is 17.5 Å². The van der Waals surface area contributed by atoms with Crippen molar-refractivity contribution in [1.29, 1.82) is 0 Å². The fourth-order valence-electron chi connectivity index (χ4n) is 3.98. The smallest absolute Gasteiger partial charge is 0.422 e. The Labute approximate surface area is 164 Å². The third-order valence-corrected chi connectivity index (χ3v) is 5.53. The van der Waals surface area contributed by atoms with Crippen LogP contribution >= 0.6 is 0 Å². The quantitative estimate of drug-likeness (QED) is 0.716. The number of rotatable bonds is 3. The molecule has 2 aliphatic heterocycles. The Morgan fingerprint density at radius 2 is 2.03 bits per heavy atom. The van der Waals surface area contributed by atoms with Crippen molar-refractivity contribution in [2.24, 2.45) is 0 Å². The summed E-state index contributed by atoms with van der Waals surface area (Å²) in [5.41, 5.74) is -3.39. The van der Waals surface area contributed by atoms with Crippen molar-refractivity contribution in [2.45, 2.75) is 37.0 Å². The molecule has 2 aromatic rings. The highest BCUT2D eigenvalue weighted by molar-refractivity contribution is 5.94. The molecule has 1 unspecified atom stereocenters. The van der Waals surface area contributed by atoms with Crippen LogP contribution in [0.2, 0.25) is 0 Å². The van der Waals surface area contributed by atoms with Gasteiger partial charge in [-0.05, 0) is 25.0 Å². The number of nitrogens with one attached hydrogen (secondary N) is 2. The number of pyridine rings is 1. The Balaban J connectivity index is 1.56. The zero-order chi connectivity index (χ0) is 20.8. The number of fused-ring (bicyclic) bond motifs is 1. The fraction of sp³-hybridized carbons (Fsp3) is 0.500. The van der Waals surface area contributed by atoms with E-state index in [1.165, 1.54) is 0 Å². The molecule has 2 aromatic heterocycles. The topological polar surface area (TPSA) is 103 Å². The lowest BCUT2D eigenvalue weighted by Crippen LogP contribution is -2.48. The maximum absolute atomic E-state index is 13.6. The summed E-state index contributed by atoms with van der Waals surface area (Å²) in [7, 11) is 1.55. The zero-order valence-electron chi connectivity index (χ0n) is 15.6. The van der Waals surface area contributed by atoms with E-state index >= 15 is 0 Å². The lowest BCUT2D eigenvalue weighted by molar-refractivity contribution is -0.267. The fourth-order valence-corrected chi connectivity index (χ4v) is 3.98. The molecule has 156 valence electrons. The first-order chi connectivity index (χ1) is 13.7. The summed E-state index contributed by atoms with van der Waals surface area (Å²) in [4.78, 5) is 18.0. The molecule has 1 atom stereocenters. The predicted octanol–water partition coefficient (Wildman–Crippen LogP) is 2.29. The average molecular weight is 411 g/mol. The van der Waals surface area contributed by atoms with Crippen LogP contribution in [0.5, 0.6) is 5.75 Å². The minimum Gasteiger partial charge on any atom is -0.495 e. The summed E-state index contributed by atoms with van der Waals surface area (Å²) < 4.78 is 46.0. The van der Waals surface area contributed by atoms with Crippen LogP contribution in [0.3, 0.4) is 0 Å². The van der Waals surface area contributed by atoms with Gasteiger partial charge in [-0.1, -0.05) is 0 Å². The second-order valence-corrected chi connectivity index (χ2v) is 7.26. The van der Waals surface area contributed by atoms with Gasteiger partial charge < -0.3 is 20.1 Å². The number of methoxy groups -OCH3 is 1. The second kappa shape index (κ2) is 6.90. The van der Waals surface area contributed by atoms with Gasteiger partial charge in [0.1, 0.15) is 11.6 Å². The number of nitrogens with zero attached hydrogens (tertiary/aromatic N) is 3. The number of aromatic amines is 1. The molecule has 0 aliphatic carbocycles. The van der Waals surface area contributed by atoms with Crippen LogP contribution in [0.1, 0.15) is 36.4 Å². The number of hydrogen-bond donors (Lipinski definition) is 3. The van der Waals surface area contributed by atoms with E-state index in [2.05, 4.69) is 20.5 Å². The van der Waals surface area contributed by atoms with Crippen LogP contribution in [-0.4, -0.2) is 52.6 Å². The Kier molecular flexibility index (Phi) is 4.64. The minimum atomic E-state index is -4.99. The molecule has 8 nitrogen and oxygen atoms in total. The van der Waals surface area contributed by atoms with Crippen LogP contribution in [0.15, 0.2) is 18.3 Å². The summed E-state index contributed by atoms with van der Waals surface area (Å²) in [5, 5.41) is 19.2. The van der Waals surface area contributed by atoms with Crippen molar-refractivity contribution in [3.63, 3.8) is 0 Å². The van der Waals surface area contributed by atoms with E-state index in [4.69, 9.17) is 4.74 Å². The number of piperidine rings is 1. The molecule has 0 aromatic carbocycles. The van der Waals surface area contributed by atoms with Gasteiger partial charge in [0.05, 0.1) is 25.3 Å². The number of ether oxygens (including phenoxy) is 1. The van der Waals surface area contributed by atoms with Crippen molar-refractivity contribution < 1.29 is 27.8 Å². The zero-order valence-corrected chi connectivity index (χ0v) is 15.6. The van der Waals surface area contributed by atoms with E-state index < -0.39 is 24.1 Å². The van der Waals surface area contributed by atoms with E-state index in [9.17, 15) is 23.1 Å². The predicted molar refractivity (Wildman–Crippen MR) is 96.8 cm³/mol. The molecule has 0 saturated carbocycles. The highest BCUT2D eigenvalue weighted by Gasteiger charge is 2.61. The number of H-pyrrole nitrogens is 1. The number of anilines is 2. The Morgan fingerprint density at radius 1 is 1.31 bits per heavy atom. The van der Waals surface area contributed by atoms with E-state index in [1.54, 1.807) is 19.4 Å². The first-order valence-corrected chi connectivity index (χ1v) is 9.15. The normalized spacial score (nSPS) is 22.9. The van der Waals surface area contributed by atoms with E-state index in [-0.39, 0.29) is 23.0 Å². The first-order valence-electron chi connectivity index (χ1n) is 9.15. The van der Waals surface area contributed by atoms with Crippen molar-refractivity contribution in [3.05, 3.63) is 29.6 Å². The first kappa shape index (κ1) is 19.5. The Hall–Kier alpha value is -2.82. The molecular formula is C18H20F3N5O3. The van der Waals surface area contributed by atoms with Gasteiger partial charge in [-0.2, -0.15) is 18.3 Å². The molecule has 4 rings (SSSR count). The van der Waals surface area contributed by atoms with Crippen LogP contribution < -0.4 is 15.0 Å². The molecule has 0 radical (unpaired) electrons. The number of hydrogen-bond acceptors (Lipinski definition) is 6.